The van der Waals surface area contributed by atoms with E-state index in [2.05, 4.69) is 45.1 Å². The van der Waals surface area contributed by atoms with Gasteiger partial charge < -0.3 is 11.1 Å². The highest BCUT2D eigenvalue weighted by atomic mass is 16.1. The van der Waals surface area contributed by atoms with Crippen molar-refractivity contribution in [1.29, 1.82) is 0 Å². The molecule has 1 aromatic heterocycles. The minimum absolute atomic E-state index is 0.0336. The highest BCUT2D eigenvalue weighted by molar-refractivity contribution is 5.95. The van der Waals surface area contributed by atoms with Crippen molar-refractivity contribution >= 4 is 5.91 Å². The molecule has 26 heavy (non-hydrogen) atoms. The summed E-state index contributed by atoms with van der Waals surface area (Å²) >= 11 is 0. The van der Waals surface area contributed by atoms with Crippen LogP contribution >= 0.6 is 0 Å². The lowest BCUT2D eigenvalue weighted by Crippen LogP contribution is -2.41. The fraction of sp³-hybridized carbons (Fsp3) is 0.524. The predicted octanol–water partition coefficient (Wildman–Crippen LogP) is 3.48. The summed E-state index contributed by atoms with van der Waals surface area (Å²) in [6.07, 6.45) is 5.70. The Morgan fingerprint density at radius 1 is 1.15 bits per heavy atom. The summed E-state index contributed by atoms with van der Waals surface area (Å²) in [5.74, 6) is -0.0336. The molecule has 0 radical (unpaired) electrons. The summed E-state index contributed by atoms with van der Waals surface area (Å²) in [5, 5.41) is 7.94. The average molecular weight is 354 g/mol. The highest BCUT2D eigenvalue weighted by Gasteiger charge is 2.28. The van der Waals surface area contributed by atoms with Crippen LogP contribution < -0.4 is 11.1 Å². The quantitative estimate of drug-likeness (QED) is 0.886. The van der Waals surface area contributed by atoms with Crippen molar-refractivity contribution in [3.8, 4) is 5.69 Å². The average Bonchev–Trinajstić information content (AvgIpc) is 3.03. The molecule has 3 N–H and O–H groups in total. The molecule has 0 aliphatic heterocycles. The Hall–Kier alpha value is -2.14. The molecule has 3 rings (SSSR count). The van der Waals surface area contributed by atoms with Crippen LogP contribution in [0.25, 0.3) is 5.69 Å². The van der Waals surface area contributed by atoms with Crippen molar-refractivity contribution in [1.82, 2.24) is 15.1 Å². The number of aryl methyl sites for hydroxylation is 1. The van der Waals surface area contributed by atoms with E-state index in [0.29, 0.717) is 5.56 Å². The number of nitrogens with two attached hydrogens (primary N) is 1. The molecule has 5 heteroatoms. The van der Waals surface area contributed by atoms with Crippen molar-refractivity contribution < 1.29 is 4.79 Å². The fourth-order valence-corrected chi connectivity index (χ4v) is 3.45. The van der Waals surface area contributed by atoms with E-state index < -0.39 is 0 Å². The van der Waals surface area contributed by atoms with Gasteiger partial charge >= 0.3 is 0 Å². The first-order chi connectivity index (χ1) is 12.2. The second-order valence-corrected chi connectivity index (χ2v) is 8.51. The van der Waals surface area contributed by atoms with E-state index in [4.69, 9.17) is 10.8 Å². The summed E-state index contributed by atoms with van der Waals surface area (Å²) in [6, 6.07) is 8.64. The van der Waals surface area contributed by atoms with Gasteiger partial charge in [0.2, 0.25) is 0 Å². The topological polar surface area (TPSA) is 72.9 Å². The standard InChI is InChI=1S/C21H30N4O/c1-14-5-11-17(12-6-14)25-13-18(19(24-25)21(2,3)4)20(26)23-16-9-7-15(22)8-10-16/h5-6,11-13,15-16H,7-10,22H2,1-4H3,(H,23,26). The number of carbonyl (C=O) groups excluding carboxylic acids is 1. The van der Waals surface area contributed by atoms with Crippen LogP contribution in [0.3, 0.4) is 0 Å². The molecule has 1 aliphatic carbocycles. The summed E-state index contributed by atoms with van der Waals surface area (Å²) < 4.78 is 1.81. The number of benzene rings is 1. The van der Waals surface area contributed by atoms with Crippen LogP contribution in [0.4, 0.5) is 0 Å². The number of amides is 1. The van der Waals surface area contributed by atoms with Crippen molar-refractivity contribution in [3.05, 3.63) is 47.3 Å². The van der Waals surface area contributed by atoms with Gasteiger partial charge in [0.05, 0.1) is 16.9 Å². The van der Waals surface area contributed by atoms with E-state index in [1.807, 2.05) is 23.0 Å². The summed E-state index contributed by atoms with van der Waals surface area (Å²) in [4.78, 5) is 13.0. The molecule has 0 atom stereocenters. The molecule has 1 aromatic carbocycles. The van der Waals surface area contributed by atoms with Crippen LogP contribution in [-0.4, -0.2) is 27.8 Å². The minimum atomic E-state index is -0.211. The summed E-state index contributed by atoms with van der Waals surface area (Å²) in [7, 11) is 0. The molecular weight excluding hydrogens is 324 g/mol. The van der Waals surface area contributed by atoms with Crippen LogP contribution in [0.1, 0.15) is 68.1 Å². The number of carbonyl (C=O) groups is 1. The number of rotatable bonds is 3. The van der Waals surface area contributed by atoms with Gasteiger partial charge in [-0.15, -0.1) is 0 Å². The lowest BCUT2D eigenvalue weighted by molar-refractivity contribution is 0.0923. The lowest BCUT2D eigenvalue weighted by Gasteiger charge is -2.27. The van der Waals surface area contributed by atoms with Gasteiger partial charge in [0.1, 0.15) is 0 Å². The zero-order valence-electron chi connectivity index (χ0n) is 16.2. The summed E-state index contributed by atoms with van der Waals surface area (Å²) in [6.45, 7) is 8.32. The third-order valence-corrected chi connectivity index (χ3v) is 5.07. The normalized spacial score (nSPS) is 20.8. The third kappa shape index (κ3) is 4.15. The van der Waals surface area contributed by atoms with Gasteiger partial charge in [0.15, 0.2) is 0 Å². The molecule has 1 fully saturated rings. The molecule has 0 unspecified atom stereocenters. The number of aromatic nitrogens is 2. The molecule has 1 heterocycles. The Morgan fingerprint density at radius 3 is 2.35 bits per heavy atom. The van der Waals surface area contributed by atoms with Crippen LogP contribution in [0.2, 0.25) is 0 Å². The molecule has 0 spiro atoms. The van der Waals surface area contributed by atoms with Gasteiger partial charge in [0.25, 0.3) is 5.91 Å². The number of nitrogens with one attached hydrogen (secondary N) is 1. The molecule has 0 bridgehead atoms. The van der Waals surface area contributed by atoms with Gasteiger partial charge in [-0.2, -0.15) is 5.10 Å². The number of hydrogen-bond donors (Lipinski definition) is 2. The van der Waals surface area contributed by atoms with E-state index in [9.17, 15) is 4.79 Å². The second-order valence-electron chi connectivity index (χ2n) is 8.51. The van der Waals surface area contributed by atoms with Crippen molar-refractivity contribution in [3.63, 3.8) is 0 Å². The Morgan fingerprint density at radius 2 is 1.77 bits per heavy atom. The first kappa shape index (κ1) is 18.6. The first-order valence-corrected chi connectivity index (χ1v) is 9.47. The minimum Gasteiger partial charge on any atom is -0.349 e. The maximum Gasteiger partial charge on any atom is 0.255 e. The molecule has 0 saturated heterocycles. The van der Waals surface area contributed by atoms with E-state index in [1.54, 1.807) is 0 Å². The van der Waals surface area contributed by atoms with Gasteiger partial charge in [0, 0.05) is 23.7 Å². The molecule has 1 saturated carbocycles. The van der Waals surface area contributed by atoms with Gasteiger partial charge in [-0.3, -0.25) is 4.79 Å². The van der Waals surface area contributed by atoms with Crippen LogP contribution in [0.15, 0.2) is 30.5 Å². The monoisotopic (exact) mass is 354 g/mol. The fourth-order valence-electron chi connectivity index (χ4n) is 3.45. The largest absolute Gasteiger partial charge is 0.349 e. The Labute approximate surface area is 156 Å². The Bertz CT molecular complexity index is 762. The maximum absolute atomic E-state index is 13.0. The number of nitrogens with zero attached hydrogens (tertiary/aromatic N) is 2. The number of hydrogen-bond acceptors (Lipinski definition) is 3. The van der Waals surface area contributed by atoms with Crippen LogP contribution in [0.5, 0.6) is 0 Å². The van der Waals surface area contributed by atoms with Gasteiger partial charge in [-0.05, 0) is 44.7 Å². The van der Waals surface area contributed by atoms with E-state index in [0.717, 1.165) is 37.1 Å². The van der Waals surface area contributed by atoms with Crippen molar-refractivity contribution in [2.75, 3.05) is 0 Å². The zero-order chi connectivity index (χ0) is 18.9. The molecule has 140 valence electrons. The predicted molar refractivity (Wildman–Crippen MR) is 105 cm³/mol. The van der Waals surface area contributed by atoms with Crippen molar-refractivity contribution in [2.24, 2.45) is 5.73 Å². The molecular formula is C21H30N4O. The molecule has 2 aromatic rings. The van der Waals surface area contributed by atoms with Crippen LogP contribution in [0, 0.1) is 6.92 Å². The lowest BCUT2D eigenvalue weighted by atomic mass is 9.88. The second kappa shape index (κ2) is 7.23. The van der Waals surface area contributed by atoms with E-state index >= 15 is 0 Å². The summed E-state index contributed by atoms with van der Waals surface area (Å²) in [5.41, 5.74) is 9.41. The third-order valence-electron chi connectivity index (χ3n) is 5.07. The Kier molecular flexibility index (Phi) is 5.19. The van der Waals surface area contributed by atoms with Gasteiger partial charge in [-0.1, -0.05) is 38.5 Å². The van der Waals surface area contributed by atoms with E-state index in [-0.39, 0.29) is 23.4 Å². The smallest absolute Gasteiger partial charge is 0.255 e. The molecule has 5 nitrogen and oxygen atoms in total. The zero-order valence-corrected chi connectivity index (χ0v) is 16.2. The highest BCUT2D eigenvalue weighted by Crippen LogP contribution is 2.26. The molecule has 1 amide bonds. The maximum atomic E-state index is 13.0. The van der Waals surface area contributed by atoms with Crippen LogP contribution in [-0.2, 0) is 5.41 Å². The van der Waals surface area contributed by atoms with Gasteiger partial charge in [-0.25, -0.2) is 4.68 Å². The van der Waals surface area contributed by atoms with E-state index in [1.165, 1.54) is 5.56 Å². The SMILES string of the molecule is Cc1ccc(-n2cc(C(=O)NC3CCC(N)CC3)c(C(C)(C)C)n2)cc1. The first-order valence-electron chi connectivity index (χ1n) is 9.47. The molecule has 1 aliphatic rings. The Balaban J connectivity index is 1.87. The van der Waals surface area contributed by atoms with Crippen molar-refractivity contribution in [2.45, 2.75) is 70.9 Å².